The van der Waals surface area contributed by atoms with Crippen molar-refractivity contribution >= 4 is 35.2 Å². The van der Waals surface area contributed by atoms with Crippen LogP contribution in [0.15, 0.2) is 30.3 Å². The average Bonchev–Trinajstić information content (AvgIpc) is 2.70. The zero-order valence-corrected chi connectivity index (χ0v) is 14.2. The largest absolute Gasteiger partial charge is 0.338 e. The van der Waals surface area contributed by atoms with Gasteiger partial charge in [0.2, 0.25) is 5.91 Å². The molecule has 2 aromatic rings. The van der Waals surface area contributed by atoms with Crippen molar-refractivity contribution in [1.82, 2.24) is 14.7 Å². The molecule has 0 N–H and O–H groups in total. The topological polar surface area (TPSA) is 38.1 Å². The number of carbonyl (C=O) groups is 1. The maximum atomic E-state index is 12.2. The fourth-order valence-corrected chi connectivity index (χ4v) is 2.56. The van der Waals surface area contributed by atoms with Gasteiger partial charge in [0.25, 0.3) is 0 Å². The van der Waals surface area contributed by atoms with E-state index in [1.165, 1.54) is 6.08 Å². The molecule has 0 saturated heterocycles. The van der Waals surface area contributed by atoms with Crippen LogP contribution in [0.2, 0.25) is 10.2 Å². The summed E-state index contributed by atoms with van der Waals surface area (Å²) >= 11 is 12.1. The molecule has 1 aromatic heterocycles. The van der Waals surface area contributed by atoms with Crippen molar-refractivity contribution in [2.75, 3.05) is 7.05 Å². The van der Waals surface area contributed by atoms with Crippen molar-refractivity contribution in [2.24, 2.45) is 7.05 Å². The molecule has 0 fully saturated rings. The van der Waals surface area contributed by atoms with Gasteiger partial charge in [-0.2, -0.15) is 5.10 Å². The summed E-state index contributed by atoms with van der Waals surface area (Å²) in [6, 6.07) is 7.45. The highest BCUT2D eigenvalue weighted by molar-refractivity contribution is 6.31. The fraction of sp³-hybridized carbons (Fsp3) is 0.250. The SMILES string of the molecule is Cc1nn(C)c(Cl)c1/C=C/C(=O)N(C)Cc1cccc(Cl)c1. The highest BCUT2D eigenvalue weighted by Gasteiger charge is 2.10. The number of carbonyl (C=O) groups excluding carboxylic acids is 1. The maximum absolute atomic E-state index is 12.2. The summed E-state index contributed by atoms with van der Waals surface area (Å²) in [6.07, 6.45) is 3.20. The predicted molar refractivity (Wildman–Crippen MR) is 89.9 cm³/mol. The van der Waals surface area contributed by atoms with Crippen molar-refractivity contribution < 1.29 is 4.79 Å². The van der Waals surface area contributed by atoms with E-state index in [0.29, 0.717) is 16.7 Å². The van der Waals surface area contributed by atoms with Crippen molar-refractivity contribution in [3.63, 3.8) is 0 Å². The standard InChI is InChI=1S/C16H17Cl2N3O/c1-11-14(16(18)21(3)19-11)7-8-15(22)20(2)10-12-5-4-6-13(17)9-12/h4-9H,10H2,1-3H3/b8-7+. The normalized spacial score (nSPS) is 11.1. The molecule has 0 aliphatic rings. The Hall–Kier alpha value is -1.78. The number of amides is 1. The van der Waals surface area contributed by atoms with Gasteiger partial charge in [-0.3, -0.25) is 9.48 Å². The van der Waals surface area contributed by atoms with Crippen molar-refractivity contribution in [3.8, 4) is 0 Å². The molecule has 0 spiro atoms. The Kier molecular flexibility index (Phi) is 5.27. The smallest absolute Gasteiger partial charge is 0.246 e. The van der Waals surface area contributed by atoms with Crippen molar-refractivity contribution in [2.45, 2.75) is 13.5 Å². The maximum Gasteiger partial charge on any atom is 0.246 e. The summed E-state index contributed by atoms with van der Waals surface area (Å²) in [5, 5.41) is 5.38. The molecule has 0 saturated carbocycles. The van der Waals surface area contributed by atoms with E-state index >= 15 is 0 Å². The number of hydrogen-bond acceptors (Lipinski definition) is 2. The Morgan fingerprint density at radius 3 is 2.73 bits per heavy atom. The lowest BCUT2D eigenvalue weighted by Crippen LogP contribution is -2.24. The molecule has 2 rings (SSSR count). The van der Waals surface area contributed by atoms with E-state index in [9.17, 15) is 4.79 Å². The van der Waals surface area contributed by atoms with E-state index in [-0.39, 0.29) is 5.91 Å². The van der Waals surface area contributed by atoms with Crippen LogP contribution in [0, 0.1) is 6.92 Å². The third-order valence-electron chi connectivity index (χ3n) is 3.27. The molecule has 116 valence electrons. The van der Waals surface area contributed by atoms with Gasteiger partial charge >= 0.3 is 0 Å². The van der Waals surface area contributed by atoms with Gasteiger partial charge in [-0.25, -0.2) is 0 Å². The van der Waals surface area contributed by atoms with Gasteiger partial charge in [-0.05, 0) is 30.7 Å². The quantitative estimate of drug-likeness (QED) is 0.797. The lowest BCUT2D eigenvalue weighted by Gasteiger charge is -2.15. The molecule has 1 heterocycles. The van der Waals surface area contributed by atoms with Gasteiger partial charge in [0, 0.05) is 37.3 Å². The summed E-state index contributed by atoms with van der Waals surface area (Å²) < 4.78 is 1.58. The van der Waals surface area contributed by atoms with Crippen LogP contribution in [0.3, 0.4) is 0 Å². The van der Waals surface area contributed by atoms with Crippen molar-refractivity contribution in [3.05, 3.63) is 57.3 Å². The predicted octanol–water partition coefficient (Wildman–Crippen LogP) is 3.71. The van der Waals surface area contributed by atoms with Gasteiger partial charge in [0.05, 0.1) is 5.69 Å². The van der Waals surface area contributed by atoms with E-state index in [0.717, 1.165) is 16.8 Å². The Labute approximate surface area is 139 Å². The molecular formula is C16H17Cl2N3O. The van der Waals surface area contributed by atoms with Crippen LogP contribution in [0.1, 0.15) is 16.8 Å². The Morgan fingerprint density at radius 2 is 2.14 bits per heavy atom. The highest BCUT2D eigenvalue weighted by Crippen LogP contribution is 2.20. The second kappa shape index (κ2) is 6.99. The lowest BCUT2D eigenvalue weighted by molar-refractivity contribution is -0.125. The molecular weight excluding hydrogens is 321 g/mol. The number of nitrogens with zero attached hydrogens (tertiary/aromatic N) is 3. The summed E-state index contributed by atoms with van der Waals surface area (Å²) in [7, 11) is 3.51. The molecule has 0 aliphatic carbocycles. The van der Waals surface area contributed by atoms with Crippen LogP contribution < -0.4 is 0 Å². The molecule has 1 amide bonds. The van der Waals surface area contributed by atoms with Gasteiger partial charge in [-0.15, -0.1) is 0 Å². The molecule has 0 radical (unpaired) electrons. The number of aryl methyl sites for hydroxylation is 2. The number of rotatable bonds is 4. The second-order valence-electron chi connectivity index (χ2n) is 5.07. The van der Waals surface area contributed by atoms with Gasteiger partial charge in [-0.1, -0.05) is 35.3 Å². The minimum Gasteiger partial charge on any atom is -0.338 e. The fourth-order valence-electron chi connectivity index (χ4n) is 2.10. The molecule has 0 atom stereocenters. The number of hydrogen-bond donors (Lipinski definition) is 0. The van der Waals surface area contributed by atoms with Crippen molar-refractivity contribution in [1.29, 1.82) is 0 Å². The average molecular weight is 338 g/mol. The van der Waals surface area contributed by atoms with E-state index in [1.807, 2.05) is 25.1 Å². The van der Waals surface area contributed by atoms with Crippen LogP contribution >= 0.6 is 23.2 Å². The molecule has 1 aromatic carbocycles. The van der Waals surface area contributed by atoms with E-state index in [4.69, 9.17) is 23.2 Å². The summed E-state index contributed by atoms with van der Waals surface area (Å²) in [6.45, 7) is 2.34. The van der Waals surface area contributed by atoms with Gasteiger partial charge < -0.3 is 4.90 Å². The first-order valence-electron chi connectivity index (χ1n) is 6.75. The highest BCUT2D eigenvalue weighted by atomic mass is 35.5. The molecule has 22 heavy (non-hydrogen) atoms. The molecule has 0 aliphatic heterocycles. The summed E-state index contributed by atoms with van der Waals surface area (Å²) in [5.74, 6) is -0.112. The van der Waals surface area contributed by atoms with Crippen LogP contribution in [0.4, 0.5) is 0 Å². The number of likely N-dealkylation sites (N-methyl/N-ethyl adjacent to an activating group) is 1. The third kappa shape index (κ3) is 3.90. The molecule has 0 bridgehead atoms. The van der Waals surface area contributed by atoms with E-state index in [2.05, 4.69) is 5.10 Å². The lowest BCUT2D eigenvalue weighted by atomic mass is 10.2. The first kappa shape index (κ1) is 16.6. The van der Waals surface area contributed by atoms with E-state index in [1.54, 1.807) is 35.8 Å². The monoisotopic (exact) mass is 337 g/mol. The van der Waals surface area contributed by atoms with Crippen LogP contribution in [-0.2, 0) is 18.4 Å². The third-order valence-corrected chi connectivity index (χ3v) is 3.96. The van der Waals surface area contributed by atoms with Crippen LogP contribution in [-0.4, -0.2) is 27.6 Å². The molecule has 6 heteroatoms. The zero-order chi connectivity index (χ0) is 16.3. The minimum atomic E-state index is -0.112. The van der Waals surface area contributed by atoms with Crippen LogP contribution in [0.5, 0.6) is 0 Å². The zero-order valence-electron chi connectivity index (χ0n) is 12.7. The second-order valence-corrected chi connectivity index (χ2v) is 5.87. The Bertz CT molecular complexity index is 722. The molecule has 0 unspecified atom stereocenters. The Balaban J connectivity index is 2.06. The number of aromatic nitrogens is 2. The number of halogens is 2. The van der Waals surface area contributed by atoms with Gasteiger partial charge in [0.1, 0.15) is 5.15 Å². The van der Waals surface area contributed by atoms with Gasteiger partial charge in [0.15, 0.2) is 0 Å². The van der Waals surface area contributed by atoms with Crippen LogP contribution in [0.25, 0.3) is 6.08 Å². The number of benzene rings is 1. The first-order chi connectivity index (χ1) is 10.4. The first-order valence-corrected chi connectivity index (χ1v) is 7.51. The Morgan fingerprint density at radius 1 is 1.41 bits per heavy atom. The minimum absolute atomic E-state index is 0.112. The molecule has 4 nitrogen and oxygen atoms in total. The van der Waals surface area contributed by atoms with E-state index < -0.39 is 0 Å². The summed E-state index contributed by atoms with van der Waals surface area (Å²) in [5.41, 5.74) is 2.52. The summed E-state index contributed by atoms with van der Waals surface area (Å²) in [4.78, 5) is 13.8.